The summed E-state index contributed by atoms with van der Waals surface area (Å²) in [6.45, 7) is 4.70. The van der Waals surface area contributed by atoms with Crippen LogP contribution in [0.5, 0.6) is 6.01 Å². The Bertz CT molecular complexity index is 737. The summed E-state index contributed by atoms with van der Waals surface area (Å²) in [5.74, 6) is 0.929. The summed E-state index contributed by atoms with van der Waals surface area (Å²) in [6, 6.07) is 6.07. The maximum Gasteiger partial charge on any atom is 0.316 e. The third kappa shape index (κ3) is 3.52. The van der Waals surface area contributed by atoms with E-state index in [4.69, 9.17) is 9.47 Å². The van der Waals surface area contributed by atoms with Crippen molar-refractivity contribution in [2.45, 2.75) is 19.4 Å². The molecule has 0 aliphatic carbocycles. The number of hydrogen-bond donors (Lipinski definition) is 0. The van der Waals surface area contributed by atoms with Gasteiger partial charge in [0.1, 0.15) is 0 Å². The molecule has 6 nitrogen and oxygen atoms in total. The van der Waals surface area contributed by atoms with Gasteiger partial charge in [-0.3, -0.25) is 4.79 Å². The van der Waals surface area contributed by atoms with Crippen molar-refractivity contribution in [3.8, 4) is 6.01 Å². The van der Waals surface area contributed by atoms with Crippen LogP contribution in [-0.4, -0.2) is 53.2 Å². The summed E-state index contributed by atoms with van der Waals surface area (Å²) >= 11 is 1.49. The fourth-order valence-corrected chi connectivity index (χ4v) is 4.31. The van der Waals surface area contributed by atoms with E-state index in [1.807, 2.05) is 35.4 Å². The number of ether oxygens (including phenoxy) is 2. The third-order valence-electron chi connectivity index (χ3n) is 4.95. The Morgan fingerprint density at radius 1 is 1.44 bits per heavy atom. The van der Waals surface area contributed by atoms with Crippen LogP contribution in [0.4, 0.5) is 0 Å². The highest BCUT2D eigenvalue weighted by Gasteiger charge is 2.45. The van der Waals surface area contributed by atoms with E-state index in [0.29, 0.717) is 31.0 Å². The molecule has 25 heavy (non-hydrogen) atoms. The quantitative estimate of drug-likeness (QED) is 0.820. The largest absolute Gasteiger partial charge is 0.463 e. The molecular weight excluding hydrogens is 338 g/mol. The summed E-state index contributed by atoms with van der Waals surface area (Å²) < 4.78 is 11.6. The number of aromatic nitrogens is 2. The fraction of sp³-hybridized carbons (Fsp3) is 0.500. The molecule has 0 unspecified atom stereocenters. The summed E-state index contributed by atoms with van der Waals surface area (Å²) in [7, 11) is 0. The lowest BCUT2D eigenvalue weighted by atomic mass is 9.91. The molecule has 0 radical (unpaired) electrons. The molecule has 4 rings (SSSR count). The second-order valence-electron chi connectivity index (χ2n) is 6.60. The number of carbonyl (C=O) groups excluding carboxylic acids is 1. The van der Waals surface area contributed by atoms with Crippen LogP contribution < -0.4 is 4.74 Å². The first-order valence-corrected chi connectivity index (χ1v) is 9.45. The predicted molar refractivity (Wildman–Crippen MR) is 93.8 cm³/mol. The van der Waals surface area contributed by atoms with E-state index in [-0.39, 0.29) is 12.0 Å². The minimum Gasteiger partial charge on any atom is -0.463 e. The number of likely N-dealkylation sites (tertiary alicyclic amines) is 1. The van der Waals surface area contributed by atoms with Gasteiger partial charge in [0.2, 0.25) is 0 Å². The zero-order valence-electron chi connectivity index (χ0n) is 14.1. The number of carbonyl (C=O) groups is 1. The standard InChI is InChI=1S/C18H21N3O3S/c1-12-4-6-19-18(20-12)23-7-5-13-11-24-15-10-21(9-14(13)15)17(22)16-3-2-8-25-16/h2-4,6,8,13-15H,5,7,9-11H2,1H3/t13-,14-,15-/m0/s1. The second-order valence-corrected chi connectivity index (χ2v) is 7.55. The molecule has 0 aromatic carbocycles. The molecule has 2 saturated heterocycles. The van der Waals surface area contributed by atoms with Crippen LogP contribution >= 0.6 is 11.3 Å². The molecule has 132 valence electrons. The Balaban J connectivity index is 1.30. The average Bonchev–Trinajstić information content (AvgIpc) is 3.32. The molecule has 1 amide bonds. The predicted octanol–water partition coefficient (Wildman–Crippen LogP) is 2.40. The summed E-state index contributed by atoms with van der Waals surface area (Å²) in [6.07, 6.45) is 2.75. The van der Waals surface area contributed by atoms with Crippen LogP contribution in [0, 0.1) is 18.8 Å². The lowest BCUT2D eigenvalue weighted by Gasteiger charge is -2.19. The lowest BCUT2D eigenvalue weighted by molar-refractivity contribution is 0.0675. The van der Waals surface area contributed by atoms with Gasteiger partial charge in [-0.1, -0.05) is 6.07 Å². The van der Waals surface area contributed by atoms with Gasteiger partial charge in [-0.15, -0.1) is 11.3 Å². The molecule has 0 saturated carbocycles. The van der Waals surface area contributed by atoms with E-state index in [1.54, 1.807) is 6.20 Å². The number of fused-ring (bicyclic) bond motifs is 1. The Hall–Kier alpha value is -1.99. The molecule has 7 heteroatoms. The van der Waals surface area contributed by atoms with E-state index in [2.05, 4.69) is 9.97 Å². The van der Waals surface area contributed by atoms with Crippen LogP contribution in [0.3, 0.4) is 0 Å². The van der Waals surface area contributed by atoms with Gasteiger partial charge in [-0.25, -0.2) is 9.97 Å². The van der Waals surface area contributed by atoms with Gasteiger partial charge in [0.15, 0.2) is 0 Å². The van der Waals surface area contributed by atoms with E-state index in [9.17, 15) is 4.79 Å². The molecule has 3 atom stereocenters. The van der Waals surface area contributed by atoms with Crippen molar-refractivity contribution in [1.29, 1.82) is 0 Å². The van der Waals surface area contributed by atoms with Crippen LogP contribution in [0.25, 0.3) is 0 Å². The van der Waals surface area contributed by atoms with Crippen molar-refractivity contribution in [2.75, 3.05) is 26.3 Å². The summed E-state index contributed by atoms with van der Waals surface area (Å²) in [4.78, 5) is 23.6. The fourth-order valence-electron chi connectivity index (χ4n) is 3.62. The number of aryl methyl sites for hydroxylation is 1. The van der Waals surface area contributed by atoms with Gasteiger partial charge < -0.3 is 14.4 Å². The van der Waals surface area contributed by atoms with Gasteiger partial charge in [-0.05, 0) is 36.8 Å². The molecule has 2 fully saturated rings. The minimum absolute atomic E-state index is 0.121. The first kappa shape index (κ1) is 16.5. The molecule has 2 aromatic heterocycles. The first-order chi connectivity index (χ1) is 12.2. The molecule has 4 heterocycles. The Morgan fingerprint density at radius 3 is 3.16 bits per heavy atom. The highest BCUT2D eigenvalue weighted by Crippen LogP contribution is 2.36. The van der Waals surface area contributed by atoms with Gasteiger partial charge >= 0.3 is 6.01 Å². The summed E-state index contributed by atoms with van der Waals surface area (Å²) in [5.41, 5.74) is 0.896. The maximum atomic E-state index is 12.5. The highest BCUT2D eigenvalue weighted by atomic mass is 32.1. The van der Waals surface area contributed by atoms with Crippen molar-refractivity contribution in [2.24, 2.45) is 11.8 Å². The lowest BCUT2D eigenvalue weighted by Crippen LogP contribution is -2.30. The van der Waals surface area contributed by atoms with Crippen molar-refractivity contribution >= 4 is 17.2 Å². The van der Waals surface area contributed by atoms with Gasteiger partial charge in [0.25, 0.3) is 5.91 Å². The van der Waals surface area contributed by atoms with Crippen molar-refractivity contribution in [3.63, 3.8) is 0 Å². The SMILES string of the molecule is Cc1ccnc(OCC[C@H]2CO[C@H]3CN(C(=O)c4cccs4)C[C@@H]23)n1. The van der Waals surface area contributed by atoms with Crippen molar-refractivity contribution in [3.05, 3.63) is 40.3 Å². The molecule has 2 aromatic rings. The highest BCUT2D eigenvalue weighted by molar-refractivity contribution is 7.12. The number of rotatable bonds is 5. The second kappa shape index (κ2) is 7.09. The Kier molecular flexibility index (Phi) is 4.67. The zero-order chi connectivity index (χ0) is 17.2. The van der Waals surface area contributed by atoms with Gasteiger partial charge in [-0.2, -0.15) is 0 Å². The first-order valence-electron chi connectivity index (χ1n) is 8.57. The van der Waals surface area contributed by atoms with E-state index in [1.165, 1.54) is 11.3 Å². The molecule has 0 N–H and O–H groups in total. The Morgan fingerprint density at radius 2 is 2.36 bits per heavy atom. The smallest absolute Gasteiger partial charge is 0.316 e. The number of thiophene rings is 1. The van der Waals surface area contributed by atoms with Gasteiger partial charge in [0.05, 0.1) is 24.2 Å². The summed E-state index contributed by atoms with van der Waals surface area (Å²) in [5, 5.41) is 1.94. The van der Waals surface area contributed by atoms with Crippen LogP contribution in [0.15, 0.2) is 29.8 Å². The number of amides is 1. The molecule has 2 aliphatic rings. The van der Waals surface area contributed by atoms with Gasteiger partial charge in [0, 0.05) is 30.9 Å². The molecule has 0 bridgehead atoms. The molecular formula is C18H21N3O3S. The average molecular weight is 359 g/mol. The van der Waals surface area contributed by atoms with Crippen LogP contribution in [-0.2, 0) is 4.74 Å². The van der Waals surface area contributed by atoms with Crippen molar-refractivity contribution < 1.29 is 14.3 Å². The van der Waals surface area contributed by atoms with Crippen LogP contribution in [0.1, 0.15) is 21.8 Å². The maximum absolute atomic E-state index is 12.5. The molecule has 2 aliphatic heterocycles. The van der Waals surface area contributed by atoms with Crippen LogP contribution in [0.2, 0.25) is 0 Å². The third-order valence-corrected chi connectivity index (χ3v) is 5.81. The topological polar surface area (TPSA) is 64.6 Å². The minimum atomic E-state index is 0.121. The Labute approximate surface area is 150 Å². The van der Waals surface area contributed by atoms with E-state index >= 15 is 0 Å². The monoisotopic (exact) mass is 359 g/mol. The van der Waals surface area contributed by atoms with E-state index < -0.39 is 0 Å². The molecule has 0 spiro atoms. The normalized spacial score (nSPS) is 25.2. The zero-order valence-corrected chi connectivity index (χ0v) is 14.9. The number of nitrogens with zero attached hydrogens (tertiary/aromatic N) is 3. The van der Waals surface area contributed by atoms with E-state index in [0.717, 1.165) is 30.1 Å². The van der Waals surface area contributed by atoms with Crippen molar-refractivity contribution in [1.82, 2.24) is 14.9 Å². The number of hydrogen-bond acceptors (Lipinski definition) is 6.